The largest absolute Gasteiger partial charge is 0.486 e. The molecule has 0 saturated carbocycles. The van der Waals surface area contributed by atoms with Crippen LogP contribution in [-0.2, 0) is 0 Å². The number of nitrogens with one attached hydrogen (secondary N) is 1. The molecule has 1 aliphatic heterocycles. The molecular formula is C17H12N2O2. The first-order chi connectivity index (χ1) is 10.4. The van der Waals surface area contributed by atoms with Crippen molar-refractivity contribution < 1.29 is 9.47 Å². The van der Waals surface area contributed by atoms with Gasteiger partial charge in [0.1, 0.15) is 19.3 Å². The van der Waals surface area contributed by atoms with Crippen LogP contribution in [0.2, 0.25) is 0 Å². The number of rotatable bonds is 1. The summed E-state index contributed by atoms with van der Waals surface area (Å²) >= 11 is 0. The van der Waals surface area contributed by atoms with E-state index in [0.29, 0.717) is 18.8 Å². The Morgan fingerprint density at radius 3 is 2.67 bits per heavy atom. The van der Waals surface area contributed by atoms with Crippen molar-refractivity contribution in [1.29, 1.82) is 5.26 Å². The summed E-state index contributed by atoms with van der Waals surface area (Å²) in [5, 5.41) is 10.4. The second-order valence-electron chi connectivity index (χ2n) is 4.89. The maximum Gasteiger partial charge on any atom is 0.162 e. The molecule has 102 valence electrons. The molecule has 1 aromatic heterocycles. The highest BCUT2D eigenvalue weighted by Gasteiger charge is 2.16. The normalized spacial score (nSPS) is 13.1. The highest BCUT2D eigenvalue weighted by Crippen LogP contribution is 2.36. The second kappa shape index (κ2) is 4.57. The lowest BCUT2D eigenvalue weighted by atomic mass is 10.1. The van der Waals surface area contributed by atoms with Gasteiger partial charge in [0.05, 0.1) is 11.3 Å². The van der Waals surface area contributed by atoms with E-state index in [1.165, 1.54) is 0 Å². The Balaban J connectivity index is 1.92. The zero-order chi connectivity index (χ0) is 14.2. The number of para-hydroxylation sites is 1. The number of hydrogen-bond acceptors (Lipinski definition) is 3. The van der Waals surface area contributed by atoms with Gasteiger partial charge >= 0.3 is 0 Å². The summed E-state index contributed by atoms with van der Waals surface area (Å²) in [6.45, 7) is 1.12. The van der Waals surface area contributed by atoms with Crippen molar-refractivity contribution in [2.75, 3.05) is 13.2 Å². The van der Waals surface area contributed by atoms with E-state index in [2.05, 4.69) is 11.1 Å². The first kappa shape index (κ1) is 11.9. The van der Waals surface area contributed by atoms with Crippen LogP contribution in [0, 0.1) is 11.3 Å². The van der Waals surface area contributed by atoms with Gasteiger partial charge in [-0.25, -0.2) is 0 Å². The Bertz CT molecular complexity index is 874. The minimum absolute atomic E-state index is 0.550. The minimum atomic E-state index is 0.550. The first-order valence-electron chi connectivity index (χ1n) is 6.77. The van der Waals surface area contributed by atoms with E-state index >= 15 is 0 Å². The van der Waals surface area contributed by atoms with E-state index in [1.54, 1.807) is 0 Å². The predicted molar refractivity (Wildman–Crippen MR) is 79.4 cm³/mol. The summed E-state index contributed by atoms with van der Waals surface area (Å²) in [4.78, 5) is 3.32. The van der Waals surface area contributed by atoms with Gasteiger partial charge in [-0.3, -0.25) is 0 Å². The van der Waals surface area contributed by atoms with Crippen LogP contribution in [0.1, 0.15) is 5.56 Å². The molecule has 1 N–H and O–H groups in total. The zero-order valence-electron chi connectivity index (χ0n) is 11.2. The number of H-pyrrole nitrogens is 1. The van der Waals surface area contributed by atoms with Crippen LogP contribution >= 0.6 is 0 Å². The van der Waals surface area contributed by atoms with Crippen LogP contribution in [0.3, 0.4) is 0 Å². The lowest BCUT2D eigenvalue weighted by Crippen LogP contribution is -2.15. The van der Waals surface area contributed by atoms with E-state index in [4.69, 9.17) is 9.47 Å². The maximum atomic E-state index is 9.48. The minimum Gasteiger partial charge on any atom is -0.486 e. The van der Waals surface area contributed by atoms with Crippen LogP contribution in [0.4, 0.5) is 0 Å². The fourth-order valence-electron chi connectivity index (χ4n) is 2.67. The molecule has 3 aromatic rings. The van der Waals surface area contributed by atoms with Crippen molar-refractivity contribution in [2.24, 2.45) is 0 Å². The fraction of sp³-hybridized carbons (Fsp3) is 0.118. The average Bonchev–Trinajstić information content (AvgIpc) is 2.93. The Morgan fingerprint density at radius 1 is 1.00 bits per heavy atom. The monoisotopic (exact) mass is 276 g/mol. The van der Waals surface area contributed by atoms with E-state index in [-0.39, 0.29) is 0 Å². The third-order valence-corrected chi connectivity index (χ3v) is 3.65. The van der Waals surface area contributed by atoms with E-state index in [1.807, 2.05) is 42.5 Å². The molecule has 21 heavy (non-hydrogen) atoms. The van der Waals surface area contributed by atoms with E-state index in [9.17, 15) is 5.26 Å². The van der Waals surface area contributed by atoms with Gasteiger partial charge in [0.25, 0.3) is 0 Å². The van der Waals surface area contributed by atoms with Gasteiger partial charge < -0.3 is 14.5 Å². The highest BCUT2D eigenvalue weighted by molar-refractivity contribution is 5.93. The molecule has 0 amide bonds. The van der Waals surface area contributed by atoms with E-state index in [0.717, 1.165) is 33.7 Å². The first-order valence-corrected chi connectivity index (χ1v) is 6.77. The molecule has 0 bridgehead atoms. The number of nitrogens with zero attached hydrogens (tertiary/aromatic N) is 1. The zero-order valence-corrected chi connectivity index (χ0v) is 11.2. The predicted octanol–water partition coefficient (Wildman–Crippen LogP) is 3.48. The number of fused-ring (bicyclic) bond motifs is 2. The molecule has 0 fully saturated rings. The molecule has 2 heterocycles. The summed E-state index contributed by atoms with van der Waals surface area (Å²) in [5.74, 6) is 1.47. The molecule has 1 aliphatic rings. The lowest BCUT2D eigenvalue weighted by molar-refractivity contribution is 0.171. The molecule has 0 spiro atoms. The summed E-state index contributed by atoms with van der Waals surface area (Å²) in [6.07, 6.45) is 0. The quantitative estimate of drug-likeness (QED) is 0.740. The van der Waals surface area contributed by atoms with Crippen LogP contribution in [0.5, 0.6) is 11.5 Å². The molecule has 0 aliphatic carbocycles. The molecule has 0 atom stereocenters. The standard InChI is InChI=1S/C17H12N2O2/c18-10-13-12-3-1-2-4-14(12)19-17(13)11-5-6-15-16(9-11)21-8-7-20-15/h1-6,9,19H,7-8H2. The Kier molecular flexibility index (Phi) is 2.58. The highest BCUT2D eigenvalue weighted by atomic mass is 16.6. The molecule has 4 rings (SSSR count). The number of nitriles is 1. The van der Waals surface area contributed by atoms with Crippen molar-refractivity contribution in [2.45, 2.75) is 0 Å². The van der Waals surface area contributed by atoms with Crippen LogP contribution in [-0.4, -0.2) is 18.2 Å². The Hall–Kier alpha value is -2.93. The Morgan fingerprint density at radius 2 is 1.81 bits per heavy atom. The van der Waals surface area contributed by atoms with E-state index < -0.39 is 0 Å². The topological polar surface area (TPSA) is 58.0 Å². The molecule has 0 saturated heterocycles. The van der Waals surface area contributed by atoms with Gasteiger partial charge in [-0.05, 0) is 24.3 Å². The summed E-state index contributed by atoms with van der Waals surface area (Å²) in [5.41, 5.74) is 3.35. The second-order valence-corrected chi connectivity index (χ2v) is 4.89. The third kappa shape index (κ3) is 1.83. The molecule has 4 nitrogen and oxygen atoms in total. The molecule has 2 aromatic carbocycles. The number of ether oxygens (including phenoxy) is 2. The average molecular weight is 276 g/mol. The van der Waals surface area contributed by atoms with Gasteiger partial charge in [-0.15, -0.1) is 0 Å². The smallest absolute Gasteiger partial charge is 0.162 e. The van der Waals surface area contributed by atoms with Gasteiger partial charge in [0.15, 0.2) is 11.5 Å². The molecule has 0 radical (unpaired) electrons. The van der Waals surface area contributed by atoms with Crippen molar-refractivity contribution in [3.63, 3.8) is 0 Å². The van der Waals surface area contributed by atoms with Crippen LogP contribution < -0.4 is 9.47 Å². The lowest BCUT2D eigenvalue weighted by Gasteiger charge is -2.18. The molecule has 4 heteroatoms. The van der Waals surface area contributed by atoms with Crippen LogP contribution in [0.25, 0.3) is 22.2 Å². The summed E-state index contributed by atoms with van der Waals surface area (Å²) in [7, 11) is 0. The van der Waals surface area contributed by atoms with Crippen molar-refractivity contribution in [1.82, 2.24) is 4.98 Å². The van der Waals surface area contributed by atoms with Crippen molar-refractivity contribution in [3.8, 4) is 28.8 Å². The van der Waals surface area contributed by atoms with Gasteiger partial charge in [0, 0.05) is 16.5 Å². The maximum absolute atomic E-state index is 9.48. The summed E-state index contributed by atoms with van der Waals surface area (Å²) < 4.78 is 11.1. The number of benzene rings is 2. The third-order valence-electron chi connectivity index (χ3n) is 3.65. The Labute approximate surface area is 121 Å². The van der Waals surface area contributed by atoms with Crippen molar-refractivity contribution in [3.05, 3.63) is 48.0 Å². The number of aromatic amines is 1. The van der Waals surface area contributed by atoms with Crippen molar-refractivity contribution >= 4 is 10.9 Å². The SMILES string of the molecule is N#Cc1c(-c2ccc3c(c2)OCCO3)[nH]c2ccccc12. The van der Waals surface area contributed by atoms with Gasteiger partial charge in [-0.2, -0.15) is 5.26 Å². The van der Waals surface area contributed by atoms with Gasteiger partial charge in [0.2, 0.25) is 0 Å². The van der Waals surface area contributed by atoms with Gasteiger partial charge in [-0.1, -0.05) is 18.2 Å². The molecular weight excluding hydrogens is 264 g/mol. The molecule has 0 unspecified atom stereocenters. The fourth-order valence-corrected chi connectivity index (χ4v) is 2.67. The number of hydrogen-bond donors (Lipinski definition) is 1. The number of aromatic nitrogens is 1. The summed E-state index contributed by atoms with van der Waals surface area (Å²) in [6, 6.07) is 15.8. The van der Waals surface area contributed by atoms with Crippen LogP contribution in [0.15, 0.2) is 42.5 Å².